The standard InChI is InChI=1S/C12H14F3N/c1-7(13)9-4-10(8-2-3-16-6-8)12(15)11(14)5-9/h4-5,7-8,16H,2-3,6H2,1H3. The van der Waals surface area contributed by atoms with Gasteiger partial charge in [0.1, 0.15) is 6.17 Å². The molecule has 0 aliphatic carbocycles. The van der Waals surface area contributed by atoms with Gasteiger partial charge >= 0.3 is 0 Å². The molecule has 1 aromatic carbocycles. The largest absolute Gasteiger partial charge is 0.316 e. The van der Waals surface area contributed by atoms with E-state index in [-0.39, 0.29) is 11.5 Å². The average Bonchev–Trinajstić information content (AvgIpc) is 2.74. The second-order valence-corrected chi connectivity index (χ2v) is 4.21. The molecular weight excluding hydrogens is 215 g/mol. The molecule has 2 atom stereocenters. The SMILES string of the molecule is CC(F)c1cc(F)c(F)c(C2CCNC2)c1. The summed E-state index contributed by atoms with van der Waals surface area (Å²) in [6, 6.07) is 2.38. The summed E-state index contributed by atoms with van der Waals surface area (Å²) >= 11 is 0. The Balaban J connectivity index is 2.41. The van der Waals surface area contributed by atoms with Crippen LogP contribution >= 0.6 is 0 Å². The van der Waals surface area contributed by atoms with E-state index in [9.17, 15) is 13.2 Å². The maximum atomic E-state index is 13.6. The van der Waals surface area contributed by atoms with E-state index in [2.05, 4.69) is 5.32 Å². The number of rotatable bonds is 2. The van der Waals surface area contributed by atoms with Gasteiger partial charge in [-0.1, -0.05) is 0 Å². The van der Waals surface area contributed by atoms with Crippen molar-refractivity contribution in [2.75, 3.05) is 13.1 Å². The molecule has 0 spiro atoms. The highest BCUT2D eigenvalue weighted by molar-refractivity contribution is 5.31. The van der Waals surface area contributed by atoms with Crippen molar-refractivity contribution in [3.05, 3.63) is 34.9 Å². The summed E-state index contributed by atoms with van der Waals surface area (Å²) in [5.41, 5.74) is 0.505. The fourth-order valence-corrected chi connectivity index (χ4v) is 2.08. The third-order valence-electron chi connectivity index (χ3n) is 3.04. The van der Waals surface area contributed by atoms with E-state index in [0.717, 1.165) is 19.0 Å². The maximum absolute atomic E-state index is 13.6. The van der Waals surface area contributed by atoms with Crippen LogP contribution in [0.2, 0.25) is 0 Å². The van der Waals surface area contributed by atoms with Gasteiger partial charge in [-0.25, -0.2) is 13.2 Å². The molecule has 1 aliphatic rings. The summed E-state index contributed by atoms with van der Waals surface area (Å²) in [5.74, 6) is -1.84. The molecule has 0 bridgehead atoms. The highest BCUT2D eigenvalue weighted by Crippen LogP contribution is 2.30. The third kappa shape index (κ3) is 2.07. The van der Waals surface area contributed by atoms with Crippen LogP contribution < -0.4 is 5.32 Å². The van der Waals surface area contributed by atoms with Crippen LogP contribution in [0.4, 0.5) is 13.2 Å². The molecule has 88 valence electrons. The molecule has 2 rings (SSSR count). The smallest absolute Gasteiger partial charge is 0.162 e. The lowest BCUT2D eigenvalue weighted by Crippen LogP contribution is -2.10. The van der Waals surface area contributed by atoms with E-state index >= 15 is 0 Å². The zero-order valence-electron chi connectivity index (χ0n) is 9.06. The quantitative estimate of drug-likeness (QED) is 0.821. The van der Waals surface area contributed by atoms with Crippen molar-refractivity contribution in [1.29, 1.82) is 0 Å². The van der Waals surface area contributed by atoms with Crippen LogP contribution in [0.25, 0.3) is 0 Å². The molecule has 1 nitrogen and oxygen atoms in total. The minimum Gasteiger partial charge on any atom is -0.316 e. The van der Waals surface area contributed by atoms with Crippen LogP contribution in [0.5, 0.6) is 0 Å². The Morgan fingerprint density at radius 1 is 1.38 bits per heavy atom. The summed E-state index contributed by atoms with van der Waals surface area (Å²) in [6.07, 6.45) is -0.510. The summed E-state index contributed by atoms with van der Waals surface area (Å²) in [4.78, 5) is 0. The monoisotopic (exact) mass is 229 g/mol. The molecule has 1 aliphatic heterocycles. The number of alkyl halides is 1. The van der Waals surface area contributed by atoms with Gasteiger partial charge in [0, 0.05) is 12.5 Å². The first-order chi connectivity index (χ1) is 7.59. The van der Waals surface area contributed by atoms with Crippen molar-refractivity contribution in [3.63, 3.8) is 0 Å². The van der Waals surface area contributed by atoms with Crippen LogP contribution in [-0.4, -0.2) is 13.1 Å². The minimum atomic E-state index is -1.27. The van der Waals surface area contributed by atoms with Gasteiger partial charge in [-0.2, -0.15) is 0 Å². The van der Waals surface area contributed by atoms with Crippen molar-refractivity contribution in [2.45, 2.75) is 25.4 Å². The zero-order chi connectivity index (χ0) is 11.7. The van der Waals surface area contributed by atoms with Crippen molar-refractivity contribution in [2.24, 2.45) is 0 Å². The maximum Gasteiger partial charge on any atom is 0.162 e. The molecule has 0 radical (unpaired) electrons. The first kappa shape index (κ1) is 11.5. The second-order valence-electron chi connectivity index (χ2n) is 4.21. The fraction of sp³-hybridized carbons (Fsp3) is 0.500. The molecule has 1 fully saturated rings. The normalized spacial score (nSPS) is 22.4. The summed E-state index contributed by atoms with van der Waals surface area (Å²) in [6.45, 7) is 2.74. The van der Waals surface area contributed by atoms with Crippen molar-refractivity contribution < 1.29 is 13.2 Å². The van der Waals surface area contributed by atoms with Gasteiger partial charge < -0.3 is 5.32 Å². The van der Waals surface area contributed by atoms with E-state index in [1.807, 2.05) is 0 Å². The fourth-order valence-electron chi connectivity index (χ4n) is 2.08. The van der Waals surface area contributed by atoms with Gasteiger partial charge in [-0.15, -0.1) is 0 Å². The highest BCUT2D eigenvalue weighted by Gasteiger charge is 2.23. The summed E-state index contributed by atoms with van der Waals surface area (Å²) in [7, 11) is 0. The Kier molecular flexibility index (Phi) is 3.19. The third-order valence-corrected chi connectivity index (χ3v) is 3.04. The average molecular weight is 229 g/mol. The van der Waals surface area contributed by atoms with Gasteiger partial charge in [0.2, 0.25) is 0 Å². The number of halogens is 3. The first-order valence-corrected chi connectivity index (χ1v) is 5.43. The minimum absolute atomic E-state index is 0.0480. The van der Waals surface area contributed by atoms with Crippen LogP contribution in [-0.2, 0) is 0 Å². The lowest BCUT2D eigenvalue weighted by molar-refractivity contribution is 0.370. The predicted octanol–water partition coefficient (Wildman–Crippen LogP) is 3.07. The van der Waals surface area contributed by atoms with E-state index < -0.39 is 17.8 Å². The van der Waals surface area contributed by atoms with Crippen molar-refractivity contribution >= 4 is 0 Å². The Morgan fingerprint density at radius 2 is 2.12 bits per heavy atom. The van der Waals surface area contributed by atoms with Crippen LogP contribution in [0, 0.1) is 11.6 Å². The van der Waals surface area contributed by atoms with Gasteiger partial charge in [-0.05, 0) is 43.1 Å². The Labute approximate surface area is 92.7 Å². The zero-order valence-corrected chi connectivity index (χ0v) is 9.06. The predicted molar refractivity (Wildman–Crippen MR) is 56.1 cm³/mol. The second kappa shape index (κ2) is 4.45. The van der Waals surface area contributed by atoms with Gasteiger partial charge in [0.15, 0.2) is 11.6 Å². The molecule has 0 aromatic heterocycles. The topological polar surface area (TPSA) is 12.0 Å². The first-order valence-electron chi connectivity index (χ1n) is 5.43. The molecule has 1 aromatic rings. The molecule has 16 heavy (non-hydrogen) atoms. The van der Waals surface area contributed by atoms with Gasteiger partial charge in [-0.3, -0.25) is 0 Å². The number of nitrogens with one attached hydrogen (secondary N) is 1. The van der Waals surface area contributed by atoms with E-state index in [0.29, 0.717) is 12.1 Å². The summed E-state index contributed by atoms with van der Waals surface area (Å²) < 4.78 is 40.0. The molecule has 1 saturated heterocycles. The molecule has 0 saturated carbocycles. The molecule has 0 amide bonds. The Hall–Kier alpha value is -1.03. The Bertz CT molecular complexity index is 384. The van der Waals surface area contributed by atoms with Crippen molar-refractivity contribution in [3.8, 4) is 0 Å². The Morgan fingerprint density at radius 3 is 2.69 bits per heavy atom. The lowest BCUT2D eigenvalue weighted by atomic mass is 9.95. The van der Waals surface area contributed by atoms with Gasteiger partial charge in [0.25, 0.3) is 0 Å². The van der Waals surface area contributed by atoms with Crippen LogP contribution in [0.3, 0.4) is 0 Å². The van der Waals surface area contributed by atoms with E-state index in [1.165, 1.54) is 13.0 Å². The molecule has 2 unspecified atom stereocenters. The molecule has 1 N–H and O–H groups in total. The lowest BCUT2D eigenvalue weighted by Gasteiger charge is -2.13. The molecular formula is C12H14F3N. The van der Waals surface area contributed by atoms with E-state index in [4.69, 9.17) is 0 Å². The van der Waals surface area contributed by atoms with Gasteiger partial charge in [0.05, 0.1) is 0 Å². The molecule has 1 heterocycles. The summed E-state index contributed by atoms with van der Waals surface area (Å²) in [5, 5.41) is 3.08. The molecule has 4 heteroatoms. The highest BCUT2D eigenvalue weighted by atomic mass is 19.2. The number of hydrogen-bond acceptors (Lipinski definition) is 1. The number of hydrogen-bond donors (Lipinski definition) is 1. The van der Waals surface area contributed by atoms with E-state index in [1.54, 1.807) is 0 Å². The van der Waals surface area contributed by atoms with Crippen LogP contribution in [0.1, 0.15) is 36.6 Å². The van der Waals surface area contributed by atoms with Crippen LogP contribution in [0.15, 0.2) is 12.1 Å². The van der Waals surface area contributed by atoms with Crippen molar-refractivity contribution in [1.82, 2.24) is 5.32 Å². The number of benzene rings is 1.